The van der Waals surface area contributed by atoms with E-state index in [1.807, 2.05) is 0 Å². The molecule has 1 aliphatic heterocycles. The van der Waals surface area contributed by atoms with Gasteiger partial charge in [0, 0.05) is 18.6 Å². The van der Waals surface area contributed by atoms with Gasteiger partial charge in [0.05, 0.1) is 0 Å². The van der Waals surface area contributed by atoms with Gasteiger partial charge in [-0.3, -0.25) is 4.90 Å². The minimum atomic E-state index is 0.503. The van der Waals surface area contributed by atoms with E-state index in [1.54, 1.807) is 0 Å². The van der Waals surface area contributed by atoms with Crippen molar-refractivity contribution in [3.05, 3.63) is 35.9 Å². The van der Waals surface area contributed by atoms with Crippen LogP contribution in [0.25, 0.3) is 0 Å². The molecule has 1 aliphatic rings. The van der Waals surface area contributed by atoms with Gasteiger partial charge in [0.1, 0.15) is 0 Å². The van der Waals surface area contributed by atoms with Gasteiger partial charge in [0.15, 0.2) is 0 Å². The highest BCUT2D eigenvalue weighted by molar-refractivity contribution is 5.14. The summed E-state index contributed by atoms with van der Waals surface area (Å²) in [6, 6.07) is 11.9. The van der Waals surface area contributed by atoms with Crippen LogP contribution in [0.4, 0.5) is 0 Å². The number of piperidine rings is 1. The molecule has 0 aliphatic carbocycles. The molecule has 1 aromatic rings. The Morgan fingerprint density at radius 2 is 1.90 bits per heavy atom. The molecule has 1 heterocycles. The third kappa shape index (κ3) is 4.30. The van der Waals surface area contributed by atoms with Gasteiger partial charge < -0.3 is 10.6 Å². The first-order chi connectivity index (χ1) is 9.70. The molecule has 3 heteroatoms. The Hall–Kier alpha value is -0.900. The van der Waals surface area contributed by atoms with Crippen molar-refractivity contribution in [1.29, 1.82) is 0 Å². The Morgan fingerprint density at radius 3 is 2.50 bits per heavy atom. The SMILES string of the molecule is CN1CCC(N(C)C(CN)CCc2ccccc2)CC1. The van der Waals surface area contributed by atoms with Crippen LogP contribution in [0, 0.1) is 0 Å². The average Bonchev–Trinajstić information content (AvgIpc) is 2.49. The van der Waals surface area contributed by atoms with E-state index < -0.39 is 0 Å². The van der Waals surface area contributed by atoms with Gasteiger partial charge in [-0.25, -0.2) is 0 Å². The largest absolute Gasteiger partial charge is 0.329 e. The Labute approximate surface area is 123 Å². The first kappa shape index (κ1) is 15.5. The van der Waals surface area contributed by atoms with Gasteiger partial charge in [-0.15, -0.1) is 0 Å². The summed E-state index contributed by atoms with van der Waals surface area (Å²) in [6.45, 7) is 3.19. The monoisotopic (exact) mass is 275 g/mol. The summed E-state index contributed by atoms with van der Waals surface area (Å²) >= 11 is 0. The summed E-state index contributed by atoms with van der Waals surface area (Å²) < 4.78 is 0. The highest BCUT2D eigenvalue weighted by Gasteiger charge is 2.24. The van der Waals surface area contributed by atoms with Gasteiger partial charge in [0.2, 0.25) is 0 Å². The number of hydrogen-bond acceptors (Lipinski definition) is 3. The molecule has 1 saturated heterocycles. The highest BCUT2D eigenvalue weighted by Crippen LogP contribution is 2.18. The molecule has 1 atom stereocenters. The van der Waals surface area contributed by atoms with E-state index >= 15 is 0 Å². The molecule has 0 saturated carbocycles. The van der Waals surface area contributed by atoms with E-state index in [-0.39, 0.29) is 0 Å². The Kier molecular flexibility index (Phi) is 6.02. The normalized spacial score (nSPS) is 19.4. The zero-order chi connectivity index (χ0) is 14.4. The smallest absolute Gasteiger partial charge is 0.0221 e. The van der Waals surface area contributed by atoms with Crippen molar-refractivity contribution in [3.8, 4) is 0 Å². The fourth-order valence-corrected chi connectivity index (χ4v) is 3.17. The van der Waals surface area contributed by atoms with Crippen molar-refractivity contribution in [1.82, 2.24) is 9.80 Å². The van der Waals surface area contributed by atoms with Gasteiger partial charge in [-0.05, 0) is 58.4 Å². The summed E-state index contributed by atoms with van der Waals surface area (Å²) in [5, 5.41) is 0. The molecule has 0 amide bonds. The van der Waals surface area contributed by atoms with Crippen LogP contribution in [0.3, 0.4) is 0 Å². The molecule has 3 nitrogen and oxygen atoms in total. The molecule has 2 N–H and O–H groups in total. The molecule has 0 aromatic heterocycles. The van der Waals surface area contributed by atoms with E-state index in [0.717, 1.165) is 19.4 Å². The lowest BCUT2D eigenvalue weighted by Crippen LogP contribution is -2.48. The third-order valence-corrected chi connectivity index (χ3v) is 4.72. The molecule has 1 aromatic carbocycles. The average molecular weight is 275 g/mol. The summed E-state index contributed by atoms with van der Waals surface area (Å²) in [5.74, 6) is 0. The van der Waals surface area contributed by atoms with Crippen molar-refractivity contribution in [2.45, 2.75) is 37.8 Å². The third-order valence-electron chi connectivity index (χ3n) is 4.72. The van der Waals surface area contributed by atoms with Crippen LogP contribution in [0.1, 0.15) is 24.8 Å². The molecule has 20 heavy (non-hydrogen) atoms. The summed E-state index contributed by atoms with van der Waals surface area (Å²) in [7, 11) is 4.48. The number of aryl methyl sites for hydroxylation is 1. The van der Waals surface area contributed by atoms with Gasteiger partial charge in [-0.2, -0.15) is 0 Å². The van der Waals surface area contributed by atoms with Crippen LogP contribution in [-0.2, 0) is 6.42 Å². The molecule has 2 rings (SSSR count). The van der Waals surface area contributed by atoms with Crippen LogP contribution < -0.4 is 5.73 Å². The fraction of sp³-hybridized carbons (Fsp3) is 0.647. The van der Waals surface area contributed by atoms with Crippen molar-refractivity contribution < 1.29 is 0 Å². The van der Waals surface area contributed by atoms with Gasteiger partial charge in [0.25, 0.3) is 0 Å². The number of rotatable bonds is 6. The Bertz CT molecular complexity index is 371. The number of benzene rings is 1. The van der Waals surface area contributed by atoms with Gasteiger partial charge >= 0.3 is 0 Å². The maximum Gasteiger partial charge on any atom is 0.0221 e. The quantitative estimate of drug-likeness (QED) is 0.861. The lowest BCUT2D eigenvalue weighted by molar-refractivity contribution is 0.106. The first-order valence-electron chi connectivity index (χ1n) is 7.85. The molecule has 0 spiro atoms. The fourth-order valence-electron chi connectivity index (χ4n) is 3.17. The second-order valence-electron chi connectivity index (χ2n) is 6.11. The van der Waals surface area contributed by atoms with Crippen molar-refractivity contribution in [2.24, 2.45) is 5.73 Å². The molecule has 1 fully saturated rings. The lowest BCUT2D eigenvalue weighted by Gasteiger charge is -2.39. The van der Waals surface area contributed by atoms with Crippen LogP contribution in [0.5, 0.6) is 0 Å². The van der Waals surface area contributed by atoms with E-state index in [2.05, 4.69) is 54.2 Å². The van der Waals surface area contributed by atoms with E-state index in [4.69, 9.17) is 5.73 Å². The Morgan fingerprint density at radius 1 is 1.25 bits per heavy atom. The minimum absolute atomic E-state index is 0.503. The number of nitrogens with zero attached hydrogens (tertiary/aromatic N) is 2. The number of likely N-dealkylation sites (N-methyl/N-ethyl adjacent to an activating group) is 1. The number of likely N-dealkylation sites (tertiary alicyclic amines) is 1. The number of hydrogen-bond donors (Lipinski definition) is 1. The van der Waals surface area contributed by atoms with Crippen molar-refractivity contribution in [3.63, 3.8) is 0 Å². The standard InChI is InChI=1S/C17H29N3/c1-19-12-10-16(11-13-19)20(2)17(14-18)9-8-15-6-4-3-5-7-15/h3-7,16-17H,8-14,18H2,1-2H3. The second kappa shape index (κ2) is 7.77. The zero-order valence-electron chi connectivity index (χ0n) is 13.0. The summed E-state index contributed by atoms with van der Waals surface area (Å²) in [4.78, 5) is 4.96. The molecule has 0 bridgehead atoms. The topological polar surface area (TPSA) is 32.5 Å². The maximum absolute atomic E-state index is 6.02. The highest BCUT2D eigenvalue weighted by atomic mass is 15.2. The molecule has 112 valence electrons. The summed E-state index contributed by atoms with van der Waals surface area (Å²) in [5.41, 5.74) is 7.44. The second-order valence-corrected chi connectivity index (χ2v) is 6.11. The molecule has 0 radical (unpaired) electrons. The zero-order valence-corrected chi connectivity index (χ0v) is 13.0. The first-order valence-corrected chi connectivity index (χ1v) is 7.85. The van der Waals surface area contributed by atoms with Crippen LogP contribution in [0.2, 0.25) is 0 Å². The predicted octanol–water partition coefficient (Wildman–Crippen LogP) is 1.97. The van der Waals surface area contributed by atoms with Crippen molar-refractivity contribution in [2.75, 3.05) is 33.7 Å². The van der Waals surface area contributed by atoms with Crippen LogP contribution in [0.15, 0.2) is 30.3 Å². The molecular formula is C17H29N3. The van der Waals surface area contributed by atoms with Crippen molar-refractivity contribution >= 4 is 0 Å². The van der Waals surface area contributed by atoms with E-state index in [1.165, 1.54) is 31.5 Å². The van der Waals surface area contributed by atoms with E-state index in [9.17, 15) is 0 Å². The molecular weight excluding hydrogens is 246 g/mol. The molecule has 1 unspecified atom stereocenters. The number of nitrogens with two attached hydrogens (primary N) is 1. The minimum Gasteiger partial charge on any atom is -0.329 e. The van der Waals surface area contributed by atoms with E-state index in [0.29, 0.717) is 12.1 Å². The van der Waals surface area contributed by atoms with Crippen LogP contribution in [-0.4, -0.2) is 55.6 Å². The summed E-state index contributed by atoms with van der Waals surface area (Å²) in [6.07, 6.45) is 4.83. The maximum atomic E-state index is 6.02. The lowest BCUT2D eigenvalue weighted by atomic mass is 9.99. The Balaban J connectivity index is 1.84. The van der Waals surface area contributed by atoms with Gasteiger partial charge in [-0.1, -0.05) is 30.3 Å². The van der Waals surface area contributed by atoms with Crippen LogP contribution >= 0.6 is 0 Å². The predicted molar refractivity (Wildman–Crippen MR) is 85.9 cm³/mol.